The van der Waals surface area contributed by atoms with Crippen molar-refractivity contribution in [2.24, 2.45) is 11.7 Å². The number of nitrogens with zero attached hydrogens (tertiary/aromatic N) is 2. The number of primary amides is 1. The number of anilines is 1. The first kappa shape index (κ1) is 15.3. The number of benzene rings is 2. The molecule has 1 atom stereocenters. The number of hydrogen-bond acceptors (Lipinski definition) is 4. The van der Waals surface area contributed by atoms with Crippen molar-refractivity contribution in [1.29, 1.82) is 0 Å². The second kappa shape index (κ2) is 5.70. The van der Waals surface area contributed by atoms with Crippen molar-refractivity contribution >= 4 is 28.6 Å². The monoisotopic (exact) mass is 339 g/mol. The number of carbonyl (C=O) groups excluding carboxylic acids is 2. The lowest BCUT2D eigenvalue weighted by molar-refractivity contribution is -0.123. The van der Waals surface area contributed by atoms with E-state index in [0.717, 1.165) is 0 Å². The highest BCUT2D eigenvalue weighted by atomic mass is 19.1. The highest BCUT2D eigenvalue weighted by Crippen LogP contribution is 2.30. The molecule has 2 heterocycles. The predicted molar refractivity (Wildman–Crippen MR) is 89.1 cm³/mol. The molecule has 0 saturated carbocycles. The standard InChI is InChI=1S/C18H14FN3O3/c19-12-3-1-10(2-4-12)18-21-14-8-13(5-6-15(14)25-18)22-9-11(17(20)24)7-16(22)23/h1-6,8,11H,7,9H2,(H2,20,24). The summed E-state index contributed by atoms with van der Waals surface area (Å²) in [6.45, 7) is 0.266. The van der Waals surface area contributed by atoms with E-state index in [1.54, 1.807) is 30.3 Å². The fraction of sp³-hybridized carbons (Fsp3) is 0.167. The number of nitrogens with two attached hydrogens (primary N) is 1. The molecule has 2 aromatic carbocycles. The van der Waals surface area contributed by atoms with E-state index in [2.05, 4.69) is 4.98 Å². The van der Waals surface area contributed by atoms with E-state index >= 15 is 0 Å². The summed E-state index contributed by atoms with van der Waals surface area (Å²) in [4.78, 5) is 29.4. The van der Waals surface area contributed by atoms with Crippen LogP contribution in [0.3, 0.4) is 0 Å². The number of halogens is 1. The number of rotatable bonds is 3. The zero-order valence-electron chi connectivity index (χ0n) is 13.1. The van der Waals surface area contributed by atoms with E-state index in [4.69, 9.17) is 10.2 Å². The minimum absolute atomic E-state index is 0.118. The molecule has 1 aliphatic heterocycles. The van der Waals surface area contributed by atoms with Crippen molar-refractivity contribution in [3.63, 3.8) is 0 Å². The molecular formula is C18H14FN3O3. The summed E-state index contributed by atoms with van der Waals surface area (Å²) in [5, 5.41) is 0. The number of fused-ring (bicyclic) bond motifs is 1. The fourth-order valence-corrected chi connectivity index (χ4v) is 2.95. The van der Waals surface area contributed by atoms with Crippen LogP contribution in [-0.4, -0.2) is 23.3 Å². The first-order valence-electron chi connectivity index (χ1n) is 7.77. The lowest BCUT2D eigenvalue weighted by Gasteiger charge is -2.15. The maximum atomic E-state index is 13.0. The maximum absolute atomic E-state index is 13.0. The summed E-state index contributed by atoms with van der Waals surface area (Å²) in [6.07, 6.45) is 0.118. The van der Waals surface area contributed by atoms with Crippen LogP contribution in [0.4, 0.5) is 10.1 Å². The molecule has 126 valence electrons. The molecule has 1 aliphatic rings. The van der Waals surface area contributed by atoms with Crippen molar-refractivity contribution in [2.75, 3.05) is 11.4 Å². The molecule has 1 aromatic heterocycles. The Hall–Kier alpha value is -3.22. The first-order valence-corrected chi connectivity index (χ1v) is 7.77. The summed E-state index contributed by atoms with van der Waals surface area (Å²) < 4.78 is 18.7. The molecule has 2 N–H and O–H groups in total. The van der Waals surface area contributed by atoms with Gasteiger partial charge in [0, 0.05) is 24.2 Å². The molecule has 0 spiro atoms. The highest BCUT2D eigenvalue weighted by Gasteiger charge is 2.34. The van der Waals surface area contributed by atoms with Gasteiger partial charge in [0.2, 0.25) is 17.7 Å². The van der Waals surface area contributed by atoms with Crippen LogP contribution in [0.2, 0.25) is 0 Å². The molecule has 3 aromatic rings. The van der Waals surface area contributed by atoms with Crippen molar-refractivity contribution in [3.05, 3.63) is 48.3 Å². The third-order valence-electron chi connectivity index (χ3n) is 4.30. The summed E-state index contributed by atoms with van der Waals surface area (Å²) in [5.41, 5.74) is 7.73. The second-order valence-electron chi connectivity index (χ2n) is 5.99. The largest absolute Gasteiger partial charge is 0.436 e. The molecule has 1 saturated heterocycles. The molecule has 0 radical (unpaired) electrons. The Labute approximate surface area is 142 Å². The van der Waals surface area contributed by atoms with E-state index in [1.807, 2.05) is 0 Å². The van der Waals surface area contributed by atoms with Crippen LogP contribution in [0.1, 0.15) is 6.42 Å². The topological polar surface area (TPSA) is 89.4 Å². The third-order valence-corrected chi connectivity index (χ3v) is 4.30. The van der Waals surface area contributed by atoms with Crippen molar-refractivity contribution in [2.45, 2.75) is 6.42 Å². The number of carbonyl (C=O) groups is 2. The van der Waals surface area contributed by atoms with Gasteiger partial charge in [0.25, 0.3) is 0 Å². The van der Waals surface area contributed by atoms with Crippen LogP contribution in [0.15, 0.2) is 46.9 Å². The number of oxazole rings is 1. The Morgan fingerprint density at radius 1 is 1.24 bits per heavy atom. The van der Waals surface area contributed by atoms with Gasteiger partial charge in [-0.25, -0.2) is 9.37 Å². The number of amides is 2. The van der Waals surface area contributed by atoms with Gasteiger partial charge in [-0.2, -0.15) is 0 Å². The quantitative estimate of drug-likeness (QED) is 0.794. The molecule has 1 fully saturated rings. The van der Waals surface area contributed by atoms with Crippen LogP contribution in [0.25, 0.3) is 22.6 Å². The minimum atomic E-state index is -0.477. The average Bonchev–Trinajstić information content (AvgIpc) is 3.18. The van der Waals surface area contributed by atoms with Crippen molar-refractivity contribution in [3.8, 4) is 11.5 Å². The third kappa shape index (κ3) is 2.73. The molecule has 2 amide bonds. The van der Waals surface area contributed by atoms with E-state index in [9.17, 15) is 14.0 Å². The van der Waals surface area contributed by atoms with E-state index < -0.39 is 11.8 Å². The Bertz CT molecular complexity index is 981. The van der Waals surface area contributed by atoms with Crippen molar-refractivity contribution in [1.82, 2.24) is 4.98 Å². The lowest BCUT2D eigenvalue weighted by atomic mass is 10.1. The summed E-state index contributed by atoms with van der Waals surface area (Å²) >= 11 is 0. The maximum Gasteiger partial charge on any atom is 0.227 e. The van der Waals surface area contributed by atoms with Gasteiger partial charge in [-0.05, 0) is 42.5 Å². The van der Waals surface area contributed by atoms with Crippen LogP contribution in [0.5, 0.6) is 0 Å². The molecule has 6 nitrogen and oxygen atoms in total. The highest BCUT2D eigenvalue weighted by molar-refractivity contribution is 6.01. The molecule has 1 unspecified atom stereocenters. The SMILES string of the molecule is NC(=O)C1CC(=O)N(c2ccc3oc(-c4ccc(F)cc4)nc3c2)C1. The van der Waals surface area contributed by atoms with Gasteiger partial charge in [0.15, 0.2) is 5.58 Å². The van der Waals surface area contributed by atoms with Crippen LogP contribution in [0, 0.1) is 11.7 Å². The smallest absolute Gasteiger partial charge is 0.227 e. The molecule has 25 heavy (non-hydrogen) atoms. The van der Waals surface area contributed by atoms with E-state index in [0.29, 0.717) is 28.2 Å². The summed E-state index contributed by atoms with van der Waals surface area (Å²) in [7, 11) is 0. The Kier molecular flexibility index (Phi) is 3.49. The van der Waals surface area contributed by atoms with Gasteiger partial charge >= 0.3 is 0 Å². The van der Waals surface area contributed by atoms with Gasteiger partial charge in [0.05, 0.1) is 5.92 Å². The fourth-order valence-electron chi connectivity index (χ4n) is 2.95. The Balaban J connectivity index is 1.68. The number of hydrogen-bond donors (Lipinski definition) is 1. The molecule has 4 rings (SSSR count). The summed E-state index contributed by atoms with van der Waals surface area (Å²) in [5.74, 6) is -1.06. The van der Waals surface area contributed by atoms with Gasteiger partial charge in [0.1, 0.15) is 11.3 Å². The molecule has 0 aliphatic carbocycles. The summed E-state index contributed by atoms with van der Waals surface area (Å²) in [6, 6.07) is 11.0. The van der Waals surface area contributed by atoms with Crippen LogP contribution in [-0.2, 0) is 9.59 Å². The Morgan fingerprint density at radius 2 is 2.00 bits per heavy atom. The zero-order chi connectivity index (χ0) is 17.6. The lowest BCUT2D eigenvalue weighted by Crippen LogP contribution is -2.28. The number of aromatic nitrogens is 1. The Morgan fingerprint density at radius 3 is 2.68 bits per heavy atom. The van der Waals surface area contributed by atoms with Crippen LogP contribution >= 0.6 is 0 Å². The second-order valence-corrected chi connectivity index (χ2v) is 5.99. The van der Waals surface area contributed by atoms with E-state index in [1.165, 1.54) is 17.0 Å². The van der Waals surface area contributed by atoms with Gasteiger partial charge in [-0.15, -0.1) is 0 Å². The predicted octanol–water partition coefficient (Wildman–Crippen LogP) is 2.47. The van der Waals surface area contributed by atoms with Gasteiger partial charge in [-0.3, -0.25) is 9.59 Å². The normalized spacial score (nSPS) is 17.4. The minimum Gasteiger partial charge on any atom is -0.436 e. The zero-order valence-corrected chi connectivity index (χ0v) is 13.1. The van der Waals surface area contributed by atoms with Gasteiger partial charge < -0.3 is 15.1 Å². The molecule has 7 heteroatoms. The van der Waals surface area contributed by atoms with Crippen LogP contribution < -0.4 is 10.6 Å². The van der Waals surface area contributed by atoms with E-state index in [-0.39, 0.29) is 24.7 Å². The first-order chi connectivity index (χ1) is 12.0. The van der Waals surface area contributed by atoms with Gasteiger partial charge in [-0.1, -0.05) is 0 Å². The average molecular weight is 339 g/mol. The molecule has 0 bridgehead atoms. The molecular weight excluding hydrogens is 325 g/mol. The van der Waals surface area contributed by atoms with Crippen molar-refractivity contribution < 1.29 is 18.4 Å².